The number of benzene rings is 3. The minimum atomic E-state index is -0.494. The first-order valence-corrected chi connectivity index (χ1v) is 9.17. The van der Waals surface area contributed by atoms with Crippen LogP contribution in [-0.2, 0) is 0 Å². The summed E-state index contributed by atoms with van der Waals surface area (Å²) in [5.41, 5.74) is 4.80. The van der Waals surface area contributed by atoms with Gasteiger partial charge in [-0.2, -0.15) is 0 Å². The number of nitrogens with one attached hydrogen (secondary N) is 2. The molecule has 28 heavy (non-hydrogen) atoms. The molecule has 138 valence electrons. The number of rotatable bonds is 4. The van der Waals surface area contributed by atoms with Crippen LogP contribution < -0.4 is 10.6 Å². The molecular formula is C24H20N2O2. The third-order valence-corrected chi connectivity index (χ3v) is 4.90. The van der Waals surface area contributed by atoms with Gasteiger partial charge >= 0.3 is 6.03 Å². The van der Waals surface area contributed by atoms with Crippen LogP contribution in [0.5, 0.6) is 0 Å². The van der Waals surface area contributed by atoms with Gasteiger partial charge in [-0.05, 0) is 23.6 Å². The number of allylic oxidation sites excluding steroid dienone is 1. The van der Waals surface area contributed by atoms with E-state index >= 15 is 0 Å². The highest BCUT2D eigenvalue weighted by atomic mass is 16.2. The SMILES string of the molecule is CC1=C(C(=O)c2ccccc2)[C@@H](c2ccc(-c3ccccc3)cc2)NC(=O)N1. The van der Waals surface area contributed by atoms with Gasteiger partial charge in [0.2, 0.25) is 0 Å². The maximum atomic E-state index is 13.1. The summed E-state index contributed by atoms with van der Waals surface area (Å²) in [4.78, 5) is 25.2. The van der Waals surface area contributed by atoms with Crippen molar-refractivity contribution < 1.29 is 9.59 Å². The summed E-state index contributed by atoms with van der Waals surface area (Å²) in [7, 11) is 0. The highest BCUT2D eigenvalue weighted by Gasteiger charge is 2.31. The number of carbonyl (C=O) groups is 2. The van der Waals surface area contributed by atoms with E-state index in [1.807, 2.05) is 60.7 Å². The lowest BCUT2D eigenvalue weighted by atomic mass is 9.89. The van der Waals surface area contributed by atoms with E-state index < -0.39 is 6.04 Å². The van der Waals surface area contributed by atoms with Crippen molar-refractivity contribution in [2.24, 2.45) is 0 Å². The molecule has 2 N–H and O–H groups in total. The molecule has 0 aliphatic carbocycles. The van der Waals surface area contributed by atoms with Crippen LogP contribution in [0.3, 0.4) is 0 Å². The Labute approximate surface area is 163 Å². The van der Waals surface area contributed by atoms with Gasteiger partial charge in [0.05, 0.1) is 6.04 Å². The lowest BCUT2D eigenvalue weighted by molar-refractivity contribution is 0.102. The normalized spacial score (nSPS) is 16.3. The summed E-state index contributed by atoms with van der Waals surface area (Å²) in [6.45, 7) is 1.76. The van der Waals surface area contributed by atoms with Crippen LogP contribution in [0, 0.1) is 0 Å². The molecular weight excluding hydrogens is 348 g/mol. The monoisotopic (exact) mass is 368 g/mol. The molecule has 0 bridgehead atoms. The van der Waals surface area contributed by atoms with Crippen LogP contribution in [0.1, 0.15) is 28.9 Å². The van der Waals surface area contributed by atoms with Crippen molar-refractivity contribution in [1.82, 2.24) is 10.6 Å². The van der Waals surface area contributed by atoms with Gasteiger partial charge in [0.15, 0.2) is 5.78 Å². The van der Waals surface area contributed by atoms with Gasteiger partial charge in [0.1, 0.15) is 0 Å². The molecule has 4 heteroatoms. The van der Waals surface area contributed by atoms with E-state index in [9.17, 15) is 9.59 Å². The molecule has 1 atom stereocenters. The molecule has 4 rings (SSSR count). The van der Waals surface area contributed by atoms with E-state index in [1.54, 1.807) is 19.1 Å². The van der Waals surface area contributed by atoms with Gasteiger partial charge < -0.3 is 10.6 Å². The maximum absolute atomic E-state index is 13.1. The molecule has 0 radical (unpaired) electrons. The maximum Gasteiger partial charge on any atom is 0.319 e. The quantitative estimate of drug-likeness (QED) is 0.646. The topological polar surface area (TPSA) is 58.2 Å². The predicted molar refractivity (Wildman–Crippen MR) is 110 cm³/mol. The molecule has 1 aliphatic rings. The zero-order valence-electron chi connectivity index (χ0n) is 15.5. The lowest BCUT2D eigenvalue weighted by Gasteiger charge is -2.28. The number of Topliss-reactive ketones (excluding diaryl/α,β-unsaturated/α-hetero) is 1. The fourth-order valence-corrected chi connectivity index (χ4v) is 3.49. The van der Waals surface area contributed by atoms with Crippen LogP contribution in [0.15, 0.2) is 96.2 Å². The summed E-state index contributed by atoms with van der Waals surface area (Å²) >= 11 is 0. The Hall–Kier alpha value is -3.66. The highest BCUT2D eigenvalue weighted by Crippen LogP contribution is 2.31. The molecule has 0 saturated heterocycles. The number of hydrogen-bond donors (Lipinski definition) is 2. The van der Waals surface area contributed by atoms with E-state index in [2.05, 4.69) is 22.8 Å². The number of amides is 2. The first-order chi connectivity index (χ1) is 13.6. The average molecular weight is 368 g/mol. The van der Waals surface area contributed by atoms with Gasteiger partial charge in [-0.15, -0.1) is 0 Å². The van der Waals surface area contributed by atoms with Crippen molar-refractivity contribution in [2.45, 2.75) is 13.0 Å². The minimum absolute atomic E-state index is 0.0947. The molecule has 0 fully saturated rings. The third-order valence-electron chi connectivity index (χ3n) is 4.90. The summed E-state index contributed by atoms with van der Waals surface area (Å²) in [6, 6.07) is 26.4. The van der Waals surface area contributed by atoms with Crippen LogP contribution in [0.25, 0.3) is 11.1 Å². The van der Waals surface area contributed by atoms with Gasteiger partial charge in [0, 0.05) is 16.8 Å². The van der Waals surface area contributed by atoms with Crippen molar-refractivity contribution in [3.63, 3.8) is 0 Å². The molecule has 0 aromatic heterocycles. The molecule has 4 nitrogen and oxygen atoms in total. The summed E-state index contributed by atoms with van der Waals surface area (Å²) in [5, 5.41) is 5.62. The van der Waals surface area contributed by atoms with Gasteiger partial charge in [-0.1, -0.05) is 84.9 Å². The van der Waals surface area contributed by atoms with Crippen molar-refractivity contribution in [3.8, 4) is 11.1 Å². The fraction of sp³-hybridized carbons (Fsp3) is 0.0833. The highest BCUT2D eigenvalue weighted by molar-refractivity contribution is 6.11. The second-order valence-electron chi connectivity index (χ2n) is 6.75. The van der Waals surface area contributed by atoms with Crippen LogP contribution in [0.2, 0.25) is 0 Å². The molecule has 0 unspecified atom stereocenters. The Morgan fingerprint density at radius 1 is 0.786 bits per heavy atom. The number of ketones is 1. The largest absolute Gasteiger partial charge is 0.327 e. The summed E-state index contributed by atoms with van der Waals surface area (Å²) < 4.78 is 0. The van der Waals surface area contributed by atoms with Crippen molar-refractivity contribution in [2.75, 3.05) is 0 Å². The van der Waals surface area contributed by atoms with Crippen molar-refractivity contribution >= 4 is 11.8 Å². The lowest BCUT2D eigenvalue weighted by Crippen LogP contribution is -2.45. The number of urea groups is 1. The van der Waals surface area contributed by atoms with Gasteiger partial charge in [-0.25, -0.2) is 4.79 Å². The molecule has 0 spiro atoms. The smallest absolute Gasteiger partial charge is 0.319 e. The molecule has 0 saturated carbocycles. The Bertz CT molecular complexity index is 1040. The van der Waals surface area contributed by atoms with E-state index in [-0.39, 0.29) is 11.8 Å². The van der Waals surface area contributed by atoms with Crippen LogP contribution >= 0.6 is 0 Å². The van der Waals surface area contributed by atoms with Gasteiger partial charge in [0.25, 0.3) is 0 Å². The fourth-order valence-electron chi connectivity index (χ4n) is 3.49. The second kappa shape index (κ2) is 7.53. The third kappa shape index (κ3) is 3.45. The van der Waals surface area contributed by atoms with E-state index in [1.165, 1.54) is 0 Å². The van der Waals surface area contributed by atoms with Crippen LogP contribution in [0.4, 0.5) is 4.79 Å². The van der Waals surface area contributed by atoms with E-state index in [0.29, 0.717) is 16.8 Å². The van der Waals surface area contributed by atoms with E-state index in [0.717, 1.165) is 16.7 Å². The Balaban J connectivity index is 1.71. The Kier molecular flexibility index (Phi) is 4.77. The van der Waals surface area contributed by atoms with Crippen LogP contribution in [-0.4, -0.2) is 11.8 Å². The van der Waals surface area contributed by atoms with Gasteiger partial charge in [-0.3, -0.25) is 4.79 Å². The molecule has 1 aliphatic heterocycles. The number of hydrogen-bond acceptors (Lipinski definition) is 2. The molecule has 3 aromatic carbocycles. The average Bonchev–Trinajstić information content (AvgIpc) is 2.74. The standard InChI is InChI=1S/C24H20N2O2/c1-16-21(23(27)20-10-6-3-7-11-20)22(26-24(28)25-16)19-14-12-18(13-15-19)17-8-4-2-5-9-17/h2-15,22H,1H3,(H2,25,26,28)/t22-/m1/s1. The Morgan fingerprint density at radius 2 is 1.36 bits per heavy atom. The van der Waals surface area contributed by atoms with E-state index in [4.69, 9.17) is 0 Å². The molecule has 2 amide bonds. The second-order valence-corrected chi connectivity index (χ2v) is 6.75. The molecule has 3 aromatic rings. The summed E-state index contributed by atoms with van der Waals surface area (Å²) in [6.07, 6.45) is 0. The Morgan fingerprint density at radius 3 is 2.00 bits per heavy atom. The van der Waals surface area contributed by atoms with Crippen molar-refractivity contribution in [1.29, 1.82) is 0 Å². The summed E-state index contributed by atoms with van der Waals surface area (Å²) in [5.74, 6) is -0.0947. The first kappa shape index (κ1) is 17.7. The zero-order valence-corrected chi connectivity index (χ0v) is 15.5. The minimum Gasteiger partial charge on any atom is -0.327 e. The zero-order chi connectivity index (χ0) is 19.5. The van der Waals surface area contributed by atoms with Crippen molar-refractivity contribution in [3.05, 3.63) is 107 Å². The molecule has 1 heterocycles. The first-order valence-electron chi connectivity index (χ1n) is 9.17. The predicted octanol–water partition coefficient (Wildman–Crippen LogP) is 4.86. The number of carbonyl (C=O) groups excluding carboxylic acids is 2.